The van der Waals surface area contributed by atoms with Crippen LogP contribution in [-0.4, -0.2) is 20.2 Å². The number of esters is 1. The smallest absolute Gasteiger partial charge is 0.305 e. The predicted octanol–water partition coefficient (Wildman–Crippen LogP) is 4.16. The fourth-order valence-electron chi connectivity index (χ4n) is 1.84. The van der Waals surface area contributed by atoms with Crippen LogP contribution >= 0.6 is 0 Å². The quantitative estimate of drug-likeness (QED) is 0.701. The van der Waals surface area contributed by atoms with Crippen molar-refractivity contribution in [2.45, 2.75) is 46.5 Å². The number of ether oxygens (including phenoxy) is 2. The Kier molecular flexibility index (Phi) is 9.59. The number of carbonyl (C=O) groups excluding carboxylic acids is 1. The molecular formula is C16H26O3. The normalized spacial score (nSPS) is 14.1. The van der Waals surface area contributed by atoms with E-state index in [4.69, 9.17) is 4.74 Å². The molecule has 0 fully saturated rings. The van der Waals surface area contributed by atoms with E-state index in [0.717, 1.165) is 25.0 Å². The van der Waals surface area contributed by atoms with E-state index in [1.54, 1.807) is 7.11 Å². The third-order valence-corrected chi connectivity index (χ3v) is 2.85. The maximum atomic E-state index is 11.1. The molecule has 0 N–H and O–H groups in total. The summed E-state index contributed by atoms with van der Waals surface area (Å²) in [6, 6.07) is 0. The zero-order valence-electron chi connectivity index (χ0n) is 12.8. The van der Waals surface area contributed by atoms with E-state index in [0.29, 0.717) is 6.42 Å². The first kappa shape index (κ1) is 17.5. The van der Waals surface area contributed by atoms with Gasteiger partial charge in [0.05, 0.1) is 14.2 Å². The lowest BCUT2D eigenvalue weighted by Crippen LogP contribution is -2.01. The zero-order valence-corrected chi connectivity index (χ0v) is 12.8. The Morgan fingerprint density at radius 2 is 1.89 bits per heavy atom. The van der Waals surface area contributed by atoms with Crippen molar-refractivity contribution in [1.29, 1.82) is 0 Å². The second kappa shape index (κ2) is 10.4. The van der Waals surface area contributed by atoms with Gasteiger partial charge in [-0.05, 0) is 42.6 Å². The van der Waals surface area contributed by atoms with Crippen LogP contribution in [0.25, 0.3) is 0 Å². The molecule has 0 aromatic heterocycles. The van der Waals surface area contributed by atoms with Gasteiger partial charge in [0.15, 0.2) is 0 Å². The van der Waals surface area contributed by atoms with Gasteiger partial charge in [-0.2, -0.15) is 0 Å². The SMILES string of the molecule is CC.CCC1=CC(OC)=CCC=C1CCC(=O)OC. The molecule has 0 radical (unpaired) electrons. The molecule has 0 saturated heterocycles. The van der Waals surface area contributed by atoms with Crippen LogP contribution < -0.4 is 0 Å². The number of allylic oxidation sites excluding steroid dienone is 5. The van der Waals surface area contributed by atoms with Crippen LogP contribution in [0.5, 0.6) is 0 Å². The number of methoxy groups -OCH3 is 2. The molecule has 0 saturated carbocycles. The fourth-order valence-corrected chi connectivity index (χ4v) is 1.84. The van der Waals surface area contributed by atoms with Gasteiger partial charge in [0, 0.05) is 6.42 Å². The van der Waals surface area contributed by atoms with Gasteiger partial charge in [-0.1, -0.05) is 26.8 Å². The van der Waals surface area contributed by atoms with Crippen LogP contribution in [-0.2, 0) is 14.3 Å². The van der Waals surface area contributed by atoms with Crippen molar-refractivity contribution in [3.63, 3.8) is 0 Å². The van der Waals surface area contributed by atoms with Gasteiger partial charge in [-0.25, -0.2) is 0 Å². The highest BCUT2D eigenvalue weighted by atomic mass is 16.5. The summed E-state index contributed by atoms with van der Waals surface area (Å²) in [4.78, 5) is 11.1. The molecule has 1 aliphatic carbocycles. The highest BCUT2D eigenvalue weighted by Crippen LogP contribution is 2.25. The van der Waals surface area contributed by atoms with Crippen molar-refractivity contribution in [2.24, 2.45) is 0 Å². The average molecular weight is 266 g/mol. The van der Waals surface area contributed by atoms with Crippen LogP contribution in [0.2, 0.25) is 0 Å². The second-order valence-electron chi connectivity index (χ2n) is 3.87. The van der Waals surface area contributed by atoms with E-state index in [9.17, 15) is 4.79 Å². The van der Waals surface area contributed by atoms with Gasteiger partial charge in [0.2, 0.25) is 0 Å². The molecule has 0 aromatic carbocycles. The number of hydrogen-bond donors (Lipinski definition) is 0. The van der Waals surface area contributed by atoms with E-state index in [1.165, 1.54) is 18.3 Å². The molecule has 1 rings (SSSR count). The van der Waals surface area contributed by atoms with Gasteiger partial charge < -0.3 is 9.47 Å². The van der Waals surface area contributed by atoms with Crippen LogP contribution in [0.3, 0.4) is 0 Å². The first-order chi connectivity index (χ1) is 9.21. The summed E-state index contributed by atoms with van der Waals surface area (Å²) >= 11 is 0. The van der Waals surface area contributed by atoms with Crippen molar-refractivity contribution < 1.29 is 14.3 Å². The van der Waals surface area contributed by atoms with Crippen molar-refractivity contribution in [3.8, 4) is 0 Å². The Balaban J connectivity index is 0.00000154. The molecule has 0 amide bonds. The molecule has 0 aliphatic heterocycles. The van der Waals surface area contributed by atoms with Crippen molar-refractivity contribution in [1.82, 2.24) is 0 Å². The van der Waals surface area contributed by atoms with Crippen LogP contribution in [0.4, 0.5) is 0 Å². The van der Waals surface area contributed by atoms with Crippen molar-refractivity contribution >= 4 is 5.97 Å². The Labute approximate surface area is 117 Å². The minimum Gasteiger partial charge on any atom is -0.497 e. The van der Waals surface area contributed by atoms with E-state index in [-0.39, 0.29) is 5.97 Å². The molecule has 3 nitrogen and oxygen atoms in total. The number of carbonyl (C=O) groups is 1. The van der Waals surface area contributed by atoms with E-state index < -0.39 is 0 Å². The molecule has 0 bridgehead atoms. The molecule has 0 unspecified atom stereocenters. The first-order valence-electron chi connectivity index (χ1n) is 6.92. The fraction of sp³-hybridized carbons (Fsp3) is 0.562. The molecule has 0 aromatic rings. The van der Waals surface area contributed by atoms with Gasteiger partial charge in [0.1, 0.15) is 5.76 Å². The van der Waals surface area contributed by atoms with Gasteiger partial charge in [0.25, 0.3) is 0 Å². The summed E-state index contributed by atoms with van der Waals surface area (Å²) in [6.07, 6.45) is 9.20. The standard InChI is InChI=1S/C14H20O3.C2H6/c1-4-11-10-13(16-2)7-5-6-12(11)8-9-14(15)17-3;1-2/h6-7,10H,4-5,8-9H2,1-3H3;1-2H3. The summed E-state index contributed by atoms with van der Waals surface area (Å²) < 4.78 is 9.92. The second-order valence-corrected chi connectivity index (χ2v) is 3.87. The molecule has 0 atom stereocenters. The lowest BCUT2D eigenvalue weighted by Gasteiger charge is -2.09. The van der Waals surface area contributed by atoms with E-state index in [1.807, 2.05) is 19.9 Å². The molecule has 108 valence electrons. The monoisotopic (exact) mass is 266 g/mol. The first-order valence-corrected chi connectivity index (χ1v) is 6.92. The number of rotatable bonds is 5. The summed E-state index contributed by atoms with van der Waals surface area (Å²) in [6.45, 7) is 6.11. The summed E-state index contributed by atoms with van der Waals surface area (Å²) in [5.41, 5.74) is 2.46. The third kappa shape index (κ3) is 6.27. The Bertz CT molecular complexity index is 362. The van der Waals surface area contributed by atoms with Gasteiger partial charge in [-0.15, -0.1) is 0 Å². The average Bonchev–Trinajstić information content (AvgIpc) is 2.68. The lowest BCUT2D eigenvalue weighted by atomic mass is 9.98. The van der Waals surface area contributed by atoms with Crippen LogP contribution in [0.1, 0.15) is 46.5 Å². The molecule has 3 heteroatoms. The molecule has 0 heterocycles. The minimum absolute atomic E-state index is 0.162. The zero-order chi connectivity index (χ0) is 14.7. The third-order valence-electron chi connectivity index (χ3n) is 2.85. The Morgan fingerprint density at radius 3 is 2.42 bits per heavy atom. The largest absolute Gasteiger partial charge is 0.497 e. The molecule has 0 spiro atoms. The molecule has 1 aliphatic rings. The van der Waals surface area contributed by atoms with Crippen molar-refractivity contribution in [3.05, 3.63) is 35.1 Å². The number of hydrogen-bond acceptors (Lipinski definition) is 3. The van der Waals surface area contributed by atoms with Crippen LogP contribution in [0, 0.1) is 0 Å². The summed E-state index contributed by atoms with van der Waals surface area (Å²) in [5, 5.41) is 0. The van der Waals surface area contributed by atoms with E-state index in [2.05, 4.69) is 23.8 Å². The Morgan fingerprint density at radius 1 is 1.21 bits per heavy atom. The lowest BCUT2D eigenvalue weighted by molar-refractivity contribution is -0.140. The highest BCUT2D eigenvalue weighted by molar-refractivity contribution is 5.69. The molecule has 19 heavy (non-hydrogen) atoms. The summed E-state index contributed by atoms with van der Waals surface area (Å²) in [5.74, 6) is 0.733. The van der Waals surface area contributed by atoms with Gasteiger partial charge in [-0.3, -0.25) is 4.79 Å². The minimum atomic E-state index is -0.162. The maximum absolute atomic E-state index is 11.1. The highest BCUT2D eigenvalue weighted by Gasteiger charge is 2.10. The Hall–Kier alpha value is -1.51. The topological polar surface area (TPSA) is 35.5 Å². The maximum Gasteiger partial charge on any atom is 0.305 e. The summed E-state index contributed by atoms with van der Waals surface area (Å²) in [7, 11) is 3.10. The van der Waals surface area contributed by atoms with E-state index >= 15 is 0 Å². The predicted molar refractivity (Wildman–Crippen MR) is 78.8 cm³/mol. The van der Waals surface area contributed by atoms with Crippen molar-refractivity contribution in [2.75, 3.05) is 14.2 Å². The molecular weight excluding hydrogens is 240 g/mol. The van der Waals surface area contributed by atoms with Crippen LogP contribution in [0.15, 0.2) is 35.1 Å². The van der Waals surface area contributed by atoms with Gasteiger partial charge >= 0.3 is 5.97 Å².